The lowest BCUT2D eigenvalue weighted by molar-refractivity contribution is 0.109. The van der Waals surface area contributed by atoms with Gasteiger partial charge in [-0.2, -0.15) is 0 Å². The molecule has 2 aliphatic rings. The predicted octanol–water partition coefficient (Wildman–Crippen LogP) is 0.570. The Kier molecular flexibility index (Phi) is 3.42. The van der Waals surface area contributed by atoms with Gasteiger partial charge in [0.1, 0.15) is 0 Å². The third-order valence-corrected chi connectivity index (χ3v) is 3.55. The second-order valence-corrected chi connectivity index (χ2v) is 4.81. The quantitative estimate of drug-likeness (QED) is 0.694. The molecule has 0 spiro atoms. The molecule has 2 fully saturated rings. The van der Waals surface area contributed by atoms with Crippen molar-refractivity contribution in [3.63, 3.8) is 0 Å². The fourth-order valence-corrected chi connectivity index (χ4v) is 2.67. The normalized spacial score (nSPS) is 31.7. The minimum absolute atomic E-state index is 0.326. The monoisotopic (exact) mass is 198 g/mol. The van der Waals surface area contributed by atoms with E-state index >= 15 is 0 Å². The average Bonchev–Trinajstić information content (AvgIpc) is 2.97. The molecular weight excluding hydrogens is 176 g/mol. The van der Waals surface area contributed by atoms with E-state index in [0.717, 1.165) is 18.9 Å². The number of hydrogen-bond donors (Lipinski definition) is 2. The predicted molar refractivity (Wildman–Crippen MR) is 57.0 cm³/mol. The number of nitrogens with zero attached hydrogens (tertiary/aromatic N) is 1. The number of aliphatic hydroxyl groups is 1. The molecule has 0 radical (unpaired) electrons. The molecule has 2 rings (SSSR count). The highest BCUT2D eigenvalue weighted by Crippen LogP contribution is 2.37. The van der Waals surface area contributed by atoms with Crippen molar-refractivity contribution in [2.75, 3.05) is 19.7 Å². The van der Waals surface area contributed by atoms with Crippen LogP contribution in [0.15, 0.2) is 0 Å². The van der Waals surface area contributed by atoms with Crippen LogP contribution in [-0.2, 0) is 0 Å². The molecule has 2 unspecified atom stereocenters. The van der Waals surface area contributed by atoms with E-state index in [1.54, 1.807) is 0 Å². The highest BCUT2D eigenvalue weighted by molar-refractivity contribution is 4.90. The van der Waals surface area contributed by atoms with Crippen LogP contribution < -0.4 is 5.73 Å². The Morgan fingerprint density at radius 2 is 2.14 bits per heavy atom. The first kappa shape index (κ1) is 10.4. The zero-order valence-corrected chi connectivity index (χ0v) is 8.86. The summed E-state index contributed by atoms with van der Waals surface area (Å²) in [5, 5.41) is 9.05. The fraction of sp³-hybridized carbons (Fsp3) is 1.00. The minimum Gasteiger partial charge on any atom is -0.396 e. The van der Waals surface area contributed by atoms with Crippen molar-refractivity contribution < 1.29 is 5.11 Å². The summed E-state index contributed by atoms with van der Waals surface area (Å²) in [6.07, 6.45) is 6.06. The molecule has 82 valence electrons. The smallest absolute Gasteiger partial charge is 0.0446 e. The summed E-state index contributed by atoms with van der Waals surface area (Å²) in [5.74, 6) is 0.854. The molecule has 0 aromatic carbocycles. The number of rotatable bonds is 4. The Labute approximate surface area is 86.3 Å². The molecule has 1 heterocycles. The van der Waals surface area contributed by atoms with Crippen LogP contribution in [0.2, 0.25) is 0 Å². The van der Waals surface area contributed by atoms with Crippen LogP contribution in [0.1, 0.15) is 32.1 Å². The number of nitrogens with two attached hydrogens (primary N) is 1. The number of piperidine rings is 1. The molecular formula is C11H22N2O. The molecule has 0 aromatic heterocycles. The Morgan fingerprint density at radius 3 is 2.71 bits per heavy atom. The molecule has 1 aliphatic carbocycles. The van der Waals surface area contributed by atoms with E-state index in [4.69, 9.17) is 10.8 Å². The fourth-order valence-electron chi connectivity index (χ4n) is 2.67. The zero-order chi connectivity index (χ0) is 9.97. The summed E-state index contributed by atoms with van der Waals surface area (Å²) in [5.41, 5.74) is 5.98. The average molecular weight is 198 g/mol. The van der Waals surface area contributed by atoms with Crippen molar-refractivity contribution in [2.45, 2.75) is 44.2 Å². The lowest BCUT2D eigenvalue weighted by atomic mass is 10.0. The van der Waals surface area contributed by atoms with E-state index in [1.165, 1.54) is 32.2 Å². The lowest BCUT2D eigenvalue weighted by Crippen LogP contribution is -2.48. The molecule has 14 heavy (non-hydrogen) atoms. The van der Waals surface area contributed by atoms with Crippen LogP contribution in [0.25, 0.3) is 0 Å². The van der Waals surface area contributed by atoms with Crippen LogP contribution in [0, 0.1) is 5.92 Å². The highest BCUT2D eigenvalue weighted by Gasteiger charge is 2.35. The summed E-state index contributed by atoms with van der Waals surface area (Å²) < 4.78 is 0. The van der Waals surface area contributed by atoms with Crippen molar-refractivity contribution in [1.82, 2.24) is 4.90 Å². The van der Waals surface area contributed by atoms with E-state index in [-0.39, 0.29) is 0 Å². The second-order valence-electron chi connectivity index (χ2n) is 4.81. The van der Waals surface area contributed by atoms with Crippen molar-refractivity contribution in [3.05, 3.63) is 0 Å². The van der Waals surface area contributed by atoms with E-state index < -0.39 is 0 Å². The Hall–Kier alpha value is -0.120. The van der Waals surface area contributed by atoms with Gasteiger partial charge in [0, 0.05) is 25.2 Å². The third-order valence-electron chi connectivity index (χ3n) is 3.55. The summed E-state index contributed by atoms with van der Waals surface area (Å²) >= 11 is 0. The molecule has 1 saturated carbocycles. The lowest BCUT2D eigenvalue weighted by Gasteiger charge is -2.37. The Balaban J connectivity index is 1.88. The number of hydrogen-bond acceptors (Lipinski definition) is 3. The molecule has 1 aliphatic heterocycles. The molecule has 0 aromatic rings. The summed E-state index contributed by atoms with van der Waals surface area (Å²) in [7, 11) is 0. The maximum Gasteiger partial charge on any atom is 0.0446 e. The van der Waals surface area contributed by atoms with Gasteiger partial charge in [-0.1, -0.05) is 0 Å². The molecule has 1 saturated heterocycles. The van der Waals surface area contributed by atoms with Crippen LogP contribution in [0.3, 0.4) is 0 Å². The second kappa shape index (κ2) is 4.60. The van der Waals surface area contributed by atoms with Crippen LogP contribution in [0.5, 0.6) is 0 Å². The van der Waals surface area contributed by atoms with E-state index in [1.807, 2.05) is 0 Å². The van der Waals surface area contributed by atoms with Crippen LogP contribution in [-0.4, -0.2) is 41.8 Å². The highest BCUT2D eigenvalue weighted by atomic mass is 16.3. The van der Waals surface area contributed by atoms with Gasteiger partial charge >= 0.3 is 0 Å². The summed E-state index contributed by atoms with van der Waals surface area (Å²) in [6.45, 7) is 2.56. The van der Waals surface area contributed by atoms with Gasteiger partial charge in [0.05, 0.1) is 0 Å². The molecule has 2 atom stereocenters. The van der Waals surface area contributed by atoms with Gasteiger partial charge in [0.2, 0.25) is 0 Å². The first-order chi connectivity index (χ1) is 6.81. The maximum atomic E-state index is 9.05. The SMILES string of the molecule is NC1CCCN(C(CCO)C2CC2)C1. The molecule has 0 amide bonds. The van der Waals surface area contributed by atoms with Gasteiger partial charge in [-0.3, -0.25) is 4.90 Å². The van der Waals surface area contributed by atoms with Gasteiger partial charge < -0.3 is 10.8 Å². The van der Waals surface area contributed by atoms with Crippen molar-refractivity contribution in [2.24, 2.45) is 11.7 Å². The molecule has 3 heteroatoms. The van der Waals surface area contributed by atoms with Crippen LogP contribution >= 0.6 is 0 Å². The standard InChI is InChI=1S/C11H22N2O/c12-10-2-1-6-13(8-10)11(5-7-14)9-3-4-9/h9-11,14H,1-8,12H2. The van der Waals surface area contributed by atoms with Crippen LogP contribution in [0.4, 0.5) is 0 Å². The zero-order valence-electron chi connectivity index (χ0n) is 8.86. The van der Waals surface area contributed by atoms with Gasteiger partial charge in [-0.15, -0.1) is 0 Å². The first-order valence-electron chi connectivity index (χ1n) is 5.91. The van der Waals surface area contributed by atoms with Crippen molar-refractivity contribution in [1.29, 1.82) is 0 Å². The third kappa shape index (κ3) is 2.47. The van der Waals surface area contributed by atoms with Gasteiger partial charge in [0.25, 0.3) is 0 Å². The van der Waals surface area contributed by atoms with E-state index in [9.17, 15) is 0 Å². The van der Waals surface area contributed by atoms with Gasteiger partial charge in [-0.25, -0.2) is 0 Å². The number of aliphatic hydroxyl groups excluding tert-OH is 1. The minimum atomic E-state index is 0.326. The Bertz CT molecular complexity index is 182. The topological polar surface area (TPSA) is 49.5 Å². The van der Waals surface area contributed by atoms with E-state index in [2.05, 4.69) is 4.90 Å². The summed E-state index contributed by atoms with van der Waals surface area (Å²) in [4.78, 5) is 2.52. The van der Waals surface area contributed by atoms with E-state index in [0.29, 0.717) is 18.7 Å². The van der Waals surface area contributed by atoms with Gasteiger partial charge in [0.15, 0.2) is 0 Å². The number of likely N-dealkylation sites (tertiary alicyclic amines) is 1. The molecule has 3 N–H and O–H groups in total. The van der Waals surface area contributed by atoms with Gasteiger partial charge in [-0.05, 0) is 44.6 Å². The summed E-state index contributed by atoms with van der Waals surface area (Å²) in [6, 6.07) is 0.982. The van der Waals surface area contributed by atoms with Crippen molar-refractivity contribution in [3.8, 4) is 0 Å². The largest absolute Gasteiger partial charge is 0.396 e. The van der Waals surface area contributed by atoms with Crippen molar-refractivity contribution >= 4 is 0 Å². The molecule has 3 nitrogen and oxygen atoms in total. The molecule has 0 bridgehead atoms. The first-order valence-corrected chi connectivity index (χ1v) is 5.91. The Morgan fingerprint density at radius 1 is 1.36 bits per heavy atom. The maximum absolute atomic E-state index is 9.05.